The van der Waals surface area contributed by atoms with Crippen molar-refractivity contribution in [3.63, 3.8) is 0 Å². The Kier molecular flexibility index (Phi) is 4.80. The average Bonchev–Trinajstić information content (AvgIpc) is 3.27. The summed E-state index contributed by atoms with van der Waals surface area (Å²) < 4.78 is 0. The van der Waals surface area contributed by atoms with Gasteiger partial charge in [-0.2, -0.15) is 0 Å². The van der Waals surface area contributed by atoms with E-state index in [9.17, 15) is 19.5 Å². The van der Waals surface area contributed by atoms with Gasteiger partial charge in [0.15, 0.2) is 0 Å². The fourth-order valence-electron chi connectivity index (χ4n) is 4.98. The van der Waals surface area contributed by atoms with Crippen molar-refractivity contribution < 1.29 is 19.5 Å². The molecule has 4 atom stereocenters. The number of nitrogens with two attached hydrogens (primary N) is 1. The molecule has 0 saturated heterocycles. The molecule has 1 aromatic heterocycles. The Labute approximate surface area is 161 Å². The first-order valence-corrected chi connectivity index (χ1v) is 10.5. The Balaban J connectivity index is 1.63. The second-order valence-electron chi connectivity index (χ2n) is 7.81. The maximum Gasteiger partial charge on any atom is 0.307 e. The van der Waals surface area contributed by atoms with Crippen LogP contribution in [0.25, 0.3) is 0 Å². The normalized spacial score (nSPS) is 29.0. The van der Waals surface area contributed by atoms with Gasteiger partial charge in [0.2, 0.25) is 5.91 Å². The summed E-state index contributed by atoms with van der Waals surface area (Å²) in [5.41, 5.74) is 7.05. The minimum Gasteiger partial charge on any atom is -0.481 e. The molecule has 1 heterocycles. The minimum absolute atomic E-state index is 0.0471. The zero-order valence-electron chi connectivity index (χ0n) is 15.1. The molecule has 7 heteroatoms. The molecule has 1 aromatic rings. The summed E-state index contributed by atoms with van der Waals surface area (Å²) in [5, 5.41) is 13.0. The van der Waals surface area contributed by atoms with Crippen molar-refractivity contribution in [1.29, 1.82) is 0 Å². The third kappa shape index (κ3) is 3.18. The van der Waals surface area contributed by atoms with E-state index in [-0.39, 0.29) is 17.7 Å². The highest BCUT2D eigenvalue weighted by atomic mass is 32.1. The third-order valence-electron chi connectivity index (χ3n) is 6.20. The predicted octanol–water partition coefficient (Wildman–Crippen LogP) is 2.97. The number of hydrogen-bond acceptors (Lipinski definition) is 4. The Hall–Kier alpha value is -2.15. The van der Waals surface area contributed by atoms with E-state index in [0.717, 1.165) is 42.5 Å². The first-order valence-electron chi connectivity index (χ1n) is 9.63. The summed E-state index contributed by atoms with van der Waals surface area (Å²) in [6.45, 7) is 0. The van der Waals surface area contributed by atoms with E-state index in [2.05, 4.69) is 5.32 Å². The minimum atomic E-state index is -0.930. The molecule has 6 nitrogen and oxygen atoms in total. The lowest BCUT2D eigenvalue weighted by Gasteiger charge is -2.23. The molecule has 1 saturated carbocycles. The van der Waals surface area contributed by atoms with Crippen LogP contribution in [0.4, 0.5) is 5.00 Å². The van der Waals surface area contributed by atoms with Crippen molar-refractivity contribution in [3.8, 4) is 0 Å². The van der Waals surface area contributed by atoms with Crippen molar-refractivity contribution in [1.82, 2.24) is 0 Å². The molecule has 0 aliphatic heterocycles. The number of rotatable bonds is 4. The number of carbonyl (C=O) groups excluding carboxylic acids is 2. The van der Waals surface area contributed by atoms with Gasteiger partial charge in [-0.25, -0.2) is 0 Å². The van der Waals surface area contributed by atoms with Gasteiger partial charge in [0.05, 0.1) is 17.4 Å². The SMILES string of the molecule is NC(=O)c1c(NC(=O)[C@@H]2[C@H](C(=O)O)[C@H]3C=C[C@H]2C3)sc2c1CCCCCC2. The monoisotopic (exact) mass is 388 g/mol. The molecule has 0 radical (unpaired) electrons. The number of anilines is 1. The molecule has 27 heavy (non-hydrogen) atoms. The number of allylic oxidation sites excluding steroid dienone is 2. The summed E-state index contributed by atoms with van der Waals surface area (Å²) in [6.07, 6.45) is 10.6. The molecule has 2 bridgehead atoms. The third-order valence-corrected chi connectivity index (χ3v) is 7.41. The first kappa shape index (κ1) is 18.2. The highest BCUT2D eigenvalue weighted by molar-refractivity contribution is 7.17. The number of aliphatic carboxylic acids is 1. The molecule has 144 valence electrons. The largest absolute Gasteiger partial charge is 0.481 e. The van der Waals surface area contributed by atoms with Gasteiger partial charge in [-0.3, -0.25) is 14.4 Å². The van der Waals surface area contributed by atoms with Gasteiger partial charge in [0.25, 0.3) is 5.91 Å². The zero-order chi connectivity index (χ0) is 19.1. The van der Waals surface area contributed by atoms with Crippen molar-refractivity contribution in [3.05, 3.63) is 28.2 Å². The van der Waals surface area contributed by atoms with Crippen LogP contribution in [0.1, 0.15) is 52.9 Å². The number of nitrogens with one attached hydrogen (secondary N) is 1. The van der Waals surface area contributed by atoms with E-state index < -0.39 is 23.7 Å². The van der Waals surface area contributed by atoms with Crippen LogP contribution in [0, 0.1) is 23.7 Å². The lowest BCUT2D eigenvalue weighted by molar-refractivity contribution is -0.146. The number of fused-ring (bicyclic) bond motifs is 3. The fraction of sp³-hybridized carbons (Fsp3) is 0.550. The molecule has 0 aromatic carbocycles. The molecule has 1 fully saturated rings. The molecular weight excluding hydrogens is 364 g/mol. The van der Waals surface area contributed by atoms with Crippen molar-refractivity contribution in [2.75, 3.05) is 5.32 Å². The fourth-order valence-corrected chi connectivity index (χ4v) is 6.28. The number of thiophene rings is 1. The lowest BCUT2D eigenvalue weighted by Crippen LogP contribution is -2.36. The maximum atomic E-state index is 13.0. The molecule has 3 aliphatic rings. The van der Waals surface area contributed by atoms with Gasteiger partial charge < -0.3 is 16.2 Å². The Morgan fingerprint density at radius 2 is 1.70 bits per heavy atom. The standard InChI is InChI=1S/C20H24N2O4S/c21-17(23)16-12-5-3-1-2-4-6-13(12)27-19(16)22-18(24)14-10-7-8-11(9-10)15(14)20(25)26/h7-8,10-11,14-15H,1-6,9H2,(H2,21,23)(H,22,24)(H,25,26)/t10-,11-,14-,15+/m0/s1. The number of carboxylic acid groups (broad SMARTS) is 1. The second kappa shape index (κ2) is 7.11. The Morgan fingerprint density at radius 1 is 1.04 bits per heavy atom. The van der Waals surface area contributed by atoms with E-state index in [4.69, 9.17) is 5.73 Å². The van der Waals surface area contributed by atoms with Crippen LogP contribution in [0.3, 0.4) is 0 Å². The van der Waals surface area contributed by atoms with Crippen LogP contribution in [-0.4, -0.2) is 22.9 Å². The topological polar surface area (TPSA) is 109 Å². The number of amides is 2. The summed E-state index contributed by atoms with van der Waals surface area (Å²) in [4.78, 5) is 37.9. The van der Waals surface area contributed by atoms with Gasteiger partial charge in [0, 0.05) is 4.88 Å². The molecule has 0 spiro atoms. The van der Waals surface area contributed by atoms with Gasteiger partial charge >= 0.3 is 5.97 Å². The zero-order valence-corrected chi connectivity index (χ0v) is 15.9. The average molecular weight is 388 g/mol. The summed E-state index contributed by atoms with van der Waals surface area (Å²) in [5.74, 6) is -3.18. The molecule has 2 amide bonds. The molecule has 0 unspecified atom stereocenters. The lowest BCUT2D eigenvalue weighted by atomic mass is 9.82. The number of carbonyl (C=O) groups is 3. The van der Waals surface area contributed by atoms with Gasteiger partial charge in [-0.05, 0) is 49.5 Å². The van der Waals surface area contributed by atoms with Gasteiger partial charge in [-0.1, -0.05) is 25.0 Å². The number of aryl methyl sites for hydroxylation is 1. The second-order valence-corrected chi connectivity index (χ2v) is 8.92. The molecule has 4 rings (SSSR count). The van der Waals surface area contributed by atoms with Gasteiger partial charge in [-0.15, -0.1) is 11.3 Å². The van der Waals surface area contributed by atoms with Crippen molar-refractivity contribution in [2.45, 2.75) is 44.9 Å². The Bertz CT molecular complexity index is 828. The Morgan fingerprint density at radius 3 is 2.37 bits per heavy atom. The van der Waals surface area contributed by atoms with Crippen LogP contribution in [0.2, 0.25) is 0 Å². The highest BCUT2D eigenvalue weighted by Gasteiger charge is 2.51. The quantitative estimate of drug-likeness (QED) is 0.689. The summed E-state index contributed by atoms with van der Waals surface area (Å²) >= 11 is 1.43. The van der Waals surface area contributed by atoms with Crippen molar-refractivity contribution >= 4 is 34.1 Å². The van der Waals surface area contributed by atoms with Crippen molar-refractivity contribution in [2.24, 2.45) is 29.4 Å². The molecule has 3 aliphatic carbocycles. The predicted molar refractivity (Wildman–Crippen MR) is 103 cm³/mol. The van der Waals surface area contributed by atoms with E-state index in [1.807, 2.05) is 12.2 Å². The van der Waals surface area contributed by atoms with E-state index in [0.29, 0.717) is 17.0 Å². The summed E-state index contributed by atoms with van der Waals surface area (Å²) in [7, 11) is 0. The molecular formula is C20H24N2O4S. The van der Waals surface area contributed by atoms with E-state index >= 15 is 0 Å². The number of primary amides is 1. The van der Waals surface area contributed by atoms with Crippen LogP contribution in [-0.2, 0) is 22.4 Å². The number of hydrogen-bond donors (Lipinski definition) is 3. The highest BCUT2D eigenvalue weighted by Crippen LogP contribution is 2.49. The maximum absolute atomic E-state index is 13.0. The van der Waals surface area contributed by atoms with Crippen LogP contribution in [0.5, 0.6) is 0 Å². The first-order chi connectivity index (χ1) is 13.0. The molecule has 4 N–H and O–H groups in total. The van der Waals surface area contributed by atoms with E-state index in [1.165, 1.54) is 17.8 Å². The van der Waals surface area contributed by atoms with Crippen LogP contribution < -0.4 is 11.1 Å². The smallest absolute Gasteiger partial charge is 0.307 e. The summed E-state index contributed by atoms with van der Waals surface area (Å²) in [6, 6.07) is 0. The van der Waals surface area contributed by atoms with Gasteiger partial charge in [0.1, 0.15) is 5.00 Å². The van der Waals surface area contributed by atoms with Crippen LogP contribution in [0.15, 0.2) is 12.2 Å². The van der Waals surface area contributed by atoms with E-state index in [1.54, 1.807) is 0 Å². The van der Waals surface area contributed by atoms with Crippen LogP contribution >= 0.6 is 11.3 Å². The number of carboxylic acids is 1.